The van der Waals surface area contributed by atoms with Gasteiger partial charge < -0.3 is 41.9 Å². The van der Waals surface area contributed by atoms with Crippen LogP contribution < -0.4 is 21.7 Å². The van der Waals surface area contributed by atoms with Crippen molar-refractivity contribution in [3.63, 3.8) is 0 Å². The Bertz CT molecular complexity index is 1270. The molecule has 4 aromatic rings. The first kappa shape index (κ1) is 29.4. The van der Waals surface area contributed by atoms with E-state index in [0.717, 1.165) is 17.9 Å². The summed E-state index contributed by atoms with van der Waals surface area (Å²) in [6.07, 6.45) is 5.35. The summed E-state index contributed by atoms with van der Waals surface area (Å²) in [5, 5.41) is 33.5. The van der Waals surface area contributed by atoms with Gasteiger partial charge in [0.05, 0.1) is 11.9 Å². The normalized spacial score (nSPS) is 16.4. The molecule has 1 fully saturated rings. The number of hydrogen-bond acceptors (Lipinski definition) is 5. The summed E-state index contributed by atoms with van der Waals surface area (Å²) in [6, 6.07) is 22.1. The summed E-state index contributed by atoms with van der Waals surface area (Å²) < 4.78 is 0. The Hall–Kier alpha value is -3.82. The lowest BCUT2D eigenvalue weighted by Crippen LogP contribution is -2.80. The van der Waals surface area contributed by atoms with Crippen LogP contribution in [0.4, 0.5) is 0 Å². The minimum atomic E-state index is -1.36. The molecule has 9 N–H and O–H groups in total. The summed E-state index contributed by atoms with van der Waals surface area (Å²) in [4.78, 5) is 23.6. The van der Waals surface area contributed by atoms with Crippen molar-refractivity contribution < 1.29 is 41.9 Å². The van der Waals surface area contributed by atoms with Gasteiger partial charge in [-0.15, -0.1) is 0 Å². The monoisotopic (exact) mass is 506 g/mol. The predicted octanol–water partition coefficient (Wildman–Crippen LogP) is -0.0478. The van der Waals surface area contributed by atoms with Crippen molar-refractivity contribution in [3.05, 3.63) is 83.9 Å². The van der Waals surface area contributed by atoms with E-state index in [1.54, 1.807) is 36.4 Å². The number of carboxylic acids is 2. The maximum Gasteiger partial charge on any atom is 0.137 e. The lowest BCUT2D eigenvalue weighted by Gasteiger charge is -2.20. The molecule has 0 amide bonds. The van der Waals surface area contributed by atoms with Crippen molar-refractivity contribution in [2.24, 2.45) is 0 Å². The summed E-state index contributed by atoms with van der Waals surface area (Å²) in [7, 11) is 1.00. The second-order valence-corrected chi connectivity index (χ2v) is 8.80. The van der Waals surface area contributed by atoms with E-state index in [9.17, 15) is 19.8 Å². The first-order valence-corrected chi connectivity index (χ1v) is 12.0. The molecule has 1 aliphatic carbocycles. The Morgan fingerprint density at radius 2 is 1.03 bits per heavy atom. The van der Waals surface area contributed by atoms with Gasteiger partial charge in [0.2, 0.25) is 0 Å². The lowest BCUT2D eigenvalue weighted by molar-refractivity contribution is -0.534. The van der Waals surface area contributed by atoms with Crippen molar-refractivity contribution in [1.82, 2.24) is 0 Å². The first-order valence-electron chi connectivity index (χ1n) is 12.0. The van der Waals surface area contributed by atoms with Gasteiger partial charge in [-0.05, 0) is 45.5 Å². The molecule has 2 atom stereocenters. The molecule has 5 rings (SSSR count). The number of aromatic carboxylic acids is 2. The number of hydrogen-bond donors (Lipinski definition) is 3. The fraction of sp³-hybridized carbons (Fsp3) is 0.241. The molecule has 0 bridgehead atoms. The molecule has 0 saturated heterocycles. The summed E-state index contributed by atoms with van der Waals surface area (Å²) in [5.74, 6) is -2.72. The summed E-state index contributed by atoms with van der Waals surface area (Å²) in [5.41, 5.74) is 8.59. The quantitative estimate of drug-likeness (QED) is 0.351. The molecular weight excluding hydrogens is 472 g/mol. The van der Waals surface area contributed by atoms with E-state index in [4.69, 9.17) is 5.11 Å². The highest BCUT2D eigenvalue weighted by atomic mass is 16.4. The molecule has 1 aliphatic rings. The summed E-state index contributed by atoms with van der Waals surface area (Å²) in [6.45, 7) is 0. The Labute approximate surface area is 215 Å². The van der Waals surface area contributed by atoms with Crippen LogP contribution in [-0.2, 0) is 0 Å². The topological polar surface area (TPSA) is 187 Å². The van der Waals surface area contributed by atoms with Crippen molar-refractivity contribution in [1.29, 1.82) is 0 Å². The number of carbonyl (C=O) groups is 2. The zero-order valence-corrected chi connectivity index (χ0v) is 20.9. The average molecular weight is 507 g/mol. The van der Waals surface area contributed by atoms with E-state index in [0.29, 0.717) is 34.0 Å². The highest BCUT2D eigenvalue weighted by Gasteiger charge is 2.23. The van der Waals surface area contributed by atoms with Crippen LogP contribution in [0.1, 0.15) is 46.4 Å². The maximum atomic E-state index is 11.8. The van der Waals surface area contributed by atoms with Crippen LogP contribution in [0, 0.1) is 0 Å². The van der Waals surface area contributed by atoms with E-state index in [2.05, 4.69) is 11.5 Å². The molecule has 0 spiro atoms. The molecule has 196 valence electrons. The summed E-state index contributed by atoms with van der Waals surface area (Å²) >= 11 is 0. The molecule has 8 nitrogen and oxygen atoms in total. The zero-order valence-electron chi connectivity index (χ0n) is 20.9. The van der Waals surface area contributed by atoms with Crippen molar-refractivity contribution in [2.45, 2.75) is 37.8 Å². The number of rotatable bonds is 3. The average Bonchev–Trinajstić information content (AvgIpc) is 2.90. The Balaban J connectivity index is 0.000000373. The van der Waals surface area contributed by atoms with E-state index in [1.165, 1.54) is 37.8 Å². The maximum absolute atomic E-state index is 11.8. The molecular formula is C29H34N2O6. The minimum Gasteiger partial charge on any atom is -0.545 e. The second-order valence-electron chi connectivity index (χ2n) is 8.80. The van der Waals surface area contributed by atoms with Gasteiger partial charge in [0.25, 0.3) is 0 Å². The van der Waals surface area contributed by atoms with Crippen LogP contribution in [0.25, 0.3) is 32.7 Å². The van der Waals surface area contributed by atoms with Gasteiger partial charge >= 0.3 is 0 Å². The van der Waals surface area contributed by atoms with Crippen LogP contribution in [0.3, 0.4) is 0 Å². The van der Waals surface area contributed by atoms with Gasteiger partial charge in [-0.2, -0.15) is 0 Å². The predicted molar refractivity (Wildman–Crippen MR) is 139 cm³/mol. The van der Waals surface area contributed by atoms with Crippen molar-refractivity contribution >= 4 is 33.5 Å². The van der Waals surface area contributed by atoms with Crippen LogP contribution >= 0.6 is 0 Å². The lowest BCUT2D eigenvalue weighted by atomic mass is 9.87. The molecule has 0 aliphatic heterocycles. The number of quaternary nitrogens is 2. The Kier molecular flexibility index (Phi) is 10.7. The van der Waals surface area contributed by atoms with Gasteiger partial charge in [0.1, 0.15) is 12.1 Å². The number of carboxylic acid groups (broad SMARTS) is 2. The molecule has 8 heteroatoms. The molecule has 0 heterocycles. The van der Waals surface area contributed by atoms with E-state index in [1.807, 2.05) is 24.3 Å². The number of aliphatic hydroxyl groups is 1. The Morgan fingerprint density at radius 3 is 1.35 bits per heavy atom. The van der Waals surface area contributed by atoms with Crippen LogP contribution in [0.2, 0.25) is 0 Å². The number of fused-ring (bicyclic) bond motifs is 2. The smallest absolute Gasteiger partial charge is 0.137 e. The van der Waals surface area contributed by atoms with Gasteiger partial charge in [-0.1, -0.05) is 72.8 Å². The molecule has 0 radical (unpaired) electrons. The highest BCUT2D eigenvalue weighted by molar-refractivity contribution is 6.16. The SMILES string of the molecule is CO.O.O=C([O-])c1ccc2ccccc2c1-c1c(C(=O)[O-])ccc2ccccc12.[NH3+][C@H]1CCCC[C@@H]1[NH3+]. The van der Waals surface area contributed by atoms with E-state index < -0.39 is 11.9 Å². The Morgan fingerprint density at radius 1 is 0.676 bits per heavy atom. The van der Waals surface area contributed by atoms with Gasteiger partial charge in [-0.25, -0.2) is 0 Å². The van der Waals surface area contributed by atoms with Gasteiger partial charge in [0.15, 0.2) is 0 Å². The third-order valence-electron chi connectivity index (χ3n) is 6.61. The van der Waals surface area contributed by atoms with Gasteiger partial charge in [0, 0.05) is 31.1 Å². The standard InChI is InChI=1S/C22H14O4.C6H14N2.CH4O.H2O/c23-21(24)17-11-9-13-5-1-3-7-15(13)19(17)20-16-8-4-2-6-14(16)10-12-18(20)22(25)26;7-5-3-1-2-4-6(5)8;1-2;/h1-12H,(H,23,24)(H,25,26);5-6H,1-4,7-8H2;2H,1H3;1H2/t;5-,6-;;/m.0../s1. The number of benzene rings is 4. The van der Waals surface area contributed by atoms with Crippen molar-refractivity contribution in [3.8, 4) is 11.1 Å². The third-order valence-corrected chi connectivity index (χ3v) is 6.61. The van der Waals surface area contributed by atoms with Gasteiger partial charge in [-0.3, -0.25) is 0 Å². The fourth-order valence-electron chi connectivity index (χ4n) is 4.71. The highest BCUT2D eigenvalue weighted by Crippen LogP contribution is 2.38. The first-order chi connectivity index (χ1) is 17.4. The second kappa shape index (κ2) is 13.5. The van der Waals surface area contributed by atoms with Crippen LogP contribution in [0.5, 0.6) is 0 Å². The molecule has 4 aromatic carbocycles. The fourth-order valence-corrected chi connectivity index (χ4v) is 4.71. The molecule has 1 saturated carbocycles. The van der Waals surface area contributed by atoms with Crippen LogP contribution in [0.15, 0.2) is 72.8 Å². The van der Waals surface area contributed by atoms with E-state index in [-0.39, 0.29) is 16.6 Å². The number of aliphatic hydroxyl groups excluding tert-OH is 1. The van der Waals surface area contributed by atoms with E-state index >= 15 is 0 Å². The zero-order chi connectivity index (χ0) is 26.2. The number of carbonyl (C=O) groups excluding carboxylic acids is 2. The minimum absolute atomic E-state index is 0. The molecule has 37 heavy (non-hydrogen) atoms. The molecule has 0 aromatic heterocycles. The van der Waals surface area contributed by atoms with Crippen LogP contribution in [-0.4, -0.2) is 41.7 Å². The largest absolute Gasteiger partial charge is 0.545 e. The molecule has 0 unspecified atom stereocenters. The third kappa shape index (κ3) is 6.49. The van der Waals surface area contributed by atoms with Crippen molar-refractivity contribution in [2.75, 3.05) is 7.11 Å².